The molecule has 9 heteroatoms. The van der Waals surface area contributed by atoms with Crippen molar-refractivity contribution in [1.29, 1.82) is 0 Å². The molecule has 0 atom stereocenters. The van der Waals surface area contributed by atoms with E-state index in [1.807, 2.05) is 12.1 Å². The van der Waals surface area contributed by atoms with Crippen LogP contribution in [0.2, 0.25) is 0 Å². The van der Waals surface area contributed by atoms with E-state index >= 15 is 0 Å². The number of carbonyl (C=O) groups is 1. The van der Waals surface area contributed by atoms with Crippen LogP contribution in [0.3, 0.4) is 0 Å². The summed E-state index contributed by atoms with van der Waals surface area (Å²) in [6, 6.07) is 7.79. The van der Waals surface area contributed by atoms with Gasteiger partial charge in [-0.15, -0.1) is 0 Å². The average Bonchev–Trinajstić information content (AvgIpc) is 2.72. The Balaban J connectivity index is 1.64. The maximum absolute atomic E-state index is 12.4. The van der Waals surface area contributed by atoms with E-state index in [-0.39, 0.29) is 23.0 Å². The SMILES string of the molecule is COc1cc(C(=O)NCc2ccnc(N3CCOCC3)c2)ccc1OC(F)F. The van der Waals surface area contributed by atoms with Gasteiger partial charge < -0.3 is 24.4 Å². The number of nitrogens with one attached hydrogen (secondary N) is 1. The first-order valence-corrected chi connectivity index (χ1v) is 8.75. The second kappa shape index (κ2) is 9.32. The number of halogens is 2. The number of hydrogen-bond acceptors (Lipinski definition) is 6. The van der Waals surface area contributed by atoms with Crippen molar-refractivity contribution in [2.45, 2.75) is 13.2 Å². The van der Waals surface area contributed by atoms with Crippen molar-refractivity contribution in [2.24, 2.45) is 0 Å². The van der Waals surface area contributed by atoms with Gasteiger partial charge in [0.2, 0.25) is 0 Å². The monoisotopic (exact) mass is 393 g/mol. The second-order valence-corrected chi connectivity index (χ2v) is 6.05. The third-order valence-corrected chi connectivity index (χ3v) is 4.24. The van der Waals surface area contributed by atoms with Crippen molar-refractivity contribution < 1.29 is 27.8 Å². The van der Waals surface area contributed by atoms with Crippen molar-refractivity contribution in [3.63, 3.8) is 0 Å². The Hall–Kier alpha value is -2.94. The molecule has 1 aliphatic heterocycles. The zero-order valence-electron chi connectivity index (χ0n) is 15.4. The number of benzene rings is 1. The molecule has 2 heterocycles. The molecule has 1 aliphatic rings. The predicted octanol–water partition coefficient (Wildman–Crippen LogP) is 2.46. The highest BCUT2D eigenvalue weighted by atomic mass is 19.3. The molecular formula is C19H21F2N3O4. The largest absolute Gasteiger partial charge is 0.493 e. The Morgan fingerprint density at radius 1 is 1.25 bits per heavy atom. The first-order chi connectivity index (χ1) is 13.6. The fraction of sp³-hybridized carbons (Fsp3) is 0.368. The third-order valence-electron chi connectivity index (χ3n) is 4.24. The zero-order chi connectivity index (χ0) is 19.9. The first-order valence-electron chi connectivity index (χ1n) is 8.75. The van der Waals surface area contributed by atoms with E-state index in [0.717, 1.165) is 24.5 Å². The molecule has 150 valence electrons. The van der Waals surface area contributed by atoms with Gasteiger partial charge >= 0.3 is 6.61 Å². The summed E-state index contributed by atoms with van der Waals surface area (Å²) in [5.41, 5.74) is 1.18. The van der Waals surface area contributed by atoms with E-state index in [1.54, 1.807) is 6.20 Å². The molecule has 1 fully saturated rings. The molecule has 1 aromatic heterocycles. The molecule has 1 N–H and O–H groups in total. The number of anilines is 1. The lowest BCUT2D eigenvalue weighted by molar-refractivity contribution is -0.0512. The number of carbonyl (C=O) groups excluding carboxylic acids is 1. The minimum Gasteiger partial charge on any atom is -0.493 e. The minimum atomic E-state index is -2.97. The maximum Gasteiger partial charge on any atom is 0.387 e. The lowest BCUT2D eigenvalue weighted by Crippen LogP contribution is -2.36. The van der Waals surface area contributed by atoms with Crippen LogP contribution in [0.5, 0.6) is 11.5 Å². The molecule has 0 spiro atoms. The Morgan fingerprint density at radius 3 is 2.75 bits per heavy atom. The molecule has 2 aromatic rings. The van der Waals surface area contributed by atoms with Crippen molar-refractivity contribution in [3.05, 3.63) is 47.7 Å². The van der Waals surface area contributed by atoms with Gasteiger partial charge in [0, 0.05) is 31.4 Å². The number of methoxy groups -OCH3 is 1. The van der Waals surface area contributed by atoms with E-state index in [9.17, 15) is 13.6 Å². The summed E-state index contributed by atoms with van der Waals surface area (Å²) in [6.45, 7) is 0.202. The summed E-state index contributed by atoms with van der Waals surface area (Å²) >= 11 is 0. The number of hydrogen-bond donors (Lipinski definition) is 1. The topological polar surface area (TPSA) is 72.9 Å². The molecule has 7 nitrogen and oxygen atoms in total. The molecular weight excluding hydrogens is 372 g/mol. The summed E-state index contributed by atoms with van der Waals surface area (Å²) in [6.07, 6.45) is 1.70. The number of aromatic nitrogens is 1. The van der Waals surface area contributed by atoms with Gasteiger partial charge in [-0.05, 0) is 35.9 Å². The van der Waals surface area contributed by atoms with Gasteiger partial charge in [0.1, 0.15) is 5.82 Å². The van der Waals surface area contributed by atoms with Crippen LogP contribution in [0.1, 0.15) is 15.9 Å². The maximum atomic E-state index is 12.4. The molecule has 1 aromatic carbocycles. The summed E-state index contributed by atoms with van der Waals surface area (Å²) in [4.78, 5) is 18.9. The average molecular weight is 393 g/mol. The molecule has 0 radical (unpaired) electrons. The number of rotatable bonds is 7. The zero-order valence-corrected chi connectivity index (χ0v) is 15.4. The first kappa shape index (κ1) is 19.8. The van der Waals surface area contributed by atoms with E-state index in [1.165, 1.54) is 25.3 Å². The summed E-state index contributed by atoms with van der Waals surface area (Å²) < 4.78 is 39.5. The predicted molar refractivity (Wildman–Crippen MR) is 98.1 cm³/mol. The number of amides is 1. The fourth-order valence-electron chi connectivity index (χ4n) is 2.82. The van der Waals surface area contributed by atoms with Crippen molar-refractivity contribution in [3.8, 4) is 11.5 Å². The third kappa shape index (κ3) is 5.07. The second-order valence-electron chi connectivity index (χ2n) is 6.05. The summed E-state index contributed by atoms with van der Waals surface area (Å²) in [5, 5.41) is 2.80. The lowest BCUT2D eigenvalue weighted by Gasteiger charge is -2.28. The molecule has 1 saturated heterocycles. The van der Waals surface area contributed by atoms with Crippen molar-refractivity contribution in [1.82, 2.24) is 10.3 Å². The normalized spacial score (nSPS) is 14.1. The molecule has 0 saturated carbocycles. The smallest absolute Gasteiger partial charge is 0.387 e. The quantitative estimate of drug-likeness (QED) is 0.779. The Bertz CT molecular complexity index is 814. The van der Waals surface area contributed by atoms with Crippen LogP contribution in [0.4, 0.5) is 14.6 Å². The molecule has 1 amide bonds. The van der Waals surface area contributed by atoms with Crippen LogP contribution in [0.25, 0.3) is 0 Å². The fourth-order valence-corrected chi connectivity index (χ4v) is 2.82. The number of pyridine rings is 1. The van der Waals surface area contributed by atoms with Crippen molar-refractivity contribution in [2.75, 3.05) is 38.3 Å². The highest BCUT2D eigenvalue weighted by Gasteiger charge is 2.15. The van der Waals surface area contributed by atoms with E-state index in [4.69, 9.17) is 9.47 Å². The Labute approximate surface area is 161 Å². The lowest BCUT2D eigenvalue weighted by atomic mass is 10.1. The Morgan fingerprint density at radius 2 is 2.04 bits per heavy atom. The standard InChI is InChI=1S/C19H21F2N3O4/c1-26-16-11-14(2-3-15(16)28-19(20)21)18(25)23-12-13-4-5-22-17(10-13)24-6-8-27-9-7-24/h2-5,10-11,19H,6-9,12H2,1H3,(H,23,25). The molecule has 0 aliphatic carbocycles. The van der Waals surface area contributed by atoms with Gasteiger partial charge in [-0.3, -0.25) is 4.79 Å². The van der Waals surface area contributed by atoms with Crippen LogP contribution in [0, 0.1) is 0 Å². The molecule has 3 rings (SSSR count). The van der Waals surface area contributed by atoms with Crippen LogP contribution in [-0.4, -0.2) is 50.9 Å². The van der Waals surface area contributed by atoms with Crippen LogP contribution in [0.15, 0.2) is 36.5 Å². The van der Waals surface area contributed by atoms with E-state index in [0.29, 0.717) is 19.8 Å². The van der Waals surface area contributed by atoms with E-state index < -0.39 is 6.61 Å². The highest BCUT2D eigenvalue weighted by Crippen LogP contribution is 2.29. The number of morpholine rings is 1. The molecule has 0 bridgehead atoms. The van der Waals surface area contributed by atoms with Crippen molar-refractivity contribution >= 4 is 11.7 Å². The minimum absolute atomic E-state index is 0.0615. The summed E-state index contributed by atoms with van der Waals surface area (Å²) in [7, 11) is 1.32. The van der Waals surface area contributed by atoms with Crippen LogP contribution in [-0.2, 0) is 11.3 Å². The number of ether oxygens (including phenoxy) is 3. The number of alkyl halides is 2. The Kier molecular flexibility index (Phi) is 6.59. The van der Waals surface area contributed by atoms with Crippen LogP contribution < -0.4 is 19.7 Å². The van der Waals surface area contributed by atoms with Gasteiger partial charge in [-0.1, -0.05) is 0 Å². The molecule has 28 heavy (non-hydrogen) atoms. The van der Waals surface area contributed by atoms with Gasteiger partial charge in [-0.2, -0.15) is 8.78 Å². The number of nitrogens with zero attached hydrogens (tertiary/aromatic N) is 2. The van der Waals surface area contributed by atoms with Gasteiger partial charge in [0.15, 0.2) is 11.5 Å². The molecule has 0 unspecified atom stereocenters. The van der Waals surface area contributed by atoms with Gasteiger partial charge in [0.25, 0.3) is 5.91 Å². The van der Waals surface area contributed by atoms with Crippen LogP contribution >= 0.6 is 0 Å². The van der Waals surface area contributed by atoms with Gasteiger partial charge in [-0.25, -0.2) is 4.98 Å². The summed E-state index contributed by atoms with van der Waals surface area (Å²) in [5.74, 6) is 0.418. The highest BCUT2D eigenvalue weighted by molar-refractivity contribution is 5.94. The van der Waals surface area contributed by atoms with E-state index in [2.05, 4.69) is 19.9 Å². The van der Waals surface area contributed by atoms with Gasteiger partial charge in [0.05, 0.1) is 20.3 Å².